The summed E-state index contributed by atoms with van der Waals surface area (Å²) < 4.78 is 31.1. The lowest BCUT2D eigenvalue weighted by molar-refractivity contribution is -0.139. The van der Waals surface area contributed by atoms with Gasteiger partial charge in [-0.3, -0.25) is 4.79 Å². The second kappa shape index (κ2) is 10.4. The summed E-state index contributed by atoms with van der Waals surface area (Å²) >= 11 is 0. The maximum Gasteiger partial charge on any atom is 0.408 e. The molecule has 1 atom stereocenters. The molecule has 0 aromatic heterocycles. The van der Waals surface area contributed by atoms with Crippen molar-refractivity contribution in [3.8, 4) is 0 Å². The zero-order chi connectivity index (χ0) is 25.0. The van der Waals surface area contributed by atoms with E-state index in [1.807, 2.05) is 6.07 Å². The molecule has 35 heavy (non-hydrogen) atoms. The predicted molar refractivity (Wildman–Crippen MR) is 128 cm³/mol. The van der Waals surface area contributed by atoms with Crippen molar-refractivity contribution in [2.75, 3.05) is 5.75 Å². The lowest BCUT2D eigenvalue weighted by atomic mass is 9.98. The number of fused-ring (bicyclic) bond motifs is 2. The third-order valence-corrected chi connectivity index (χ3v) is 8.16. The molecule has 2 N–H and O–H groups in total. The number of benzene rings is 2. The van der Waals surface area contributed by atoms with Crippen LogP contribution in [0.15, 0.2) is 59.0 Å². The Morgan fingerprint density at radius 3 is 2.49 bits per heavy atom. The fourth-order valence-corrected chi connectivity index (χ4v) is 5.95. The molecule has 0 radical (unpaired) electrons. The number of carbonyl (C=O) groups is 3. The van der Waals surface area contributed by atoms with Gasteiger partial charge in [-0.2, -0.15) is 0 Å². The number of sulfone groups is 1. The van der Waals surface area contributed by atoms with Gasteiger partial charge in [0.15, 0.2) is 15.6 Å². The Balaban J connectivity index is 1.41. The summed E-state index contributed by atoms with van der Waals surface area (Å²) in [5.41, 5.74) is 4.39. The number of hydrogen-bond donors (Lipinski definition) is 2. The largest absolute Gasteiger partial charge is 0.480 e. The molecule has 0 aliphatic heterocycles. The summed E-state index contributed by atoms with van der Waals surface area (Å²) in [6.45, 7) is -0.0346. The van der Waals surface area contributed by atoms with Crippen molar-refractivity contribution in [2.45, 2.75) is 56.1 Å². The van der Waals surface area contributed by atoms with Crippen LogP contribution in [0.5, 0.6) is 0 Å². The Kier molecular flexibility index (Phi) is 7.35. The van der Waals surface area contributed by atoms with E-state index in [0.29, 0.717) is 12.8 Å². The van der Waals surface area contributed by atoms with E-state index >= 15 is 0 Å². The molecule has 0 saturated heterocycles. The fraction of sp³-hybridized carbons (Fsp3) is 0.346. The number of alkyl carbamates (subject to hydrolysis) is 1. The molecule has 2 aromatic rings. The molecule has 0 saturated carbocycles. The van der Waals surface area contributed by atoms with Gasteiger partial charge < -0.3 is 15.2 Å². The first-order valence-corrected chi connectivity index (χ1v) is 13.2. The molecule has 2 aliphatic rings. The zero-order valence-electron chi connectivity index (χ0n) is 19.2. The van der Waals surface area contributed by atoms with E-state index in [4.69, 9.17) is 4.74 Å². The van der Waals surface area contributed by atoms with E-state index in [9.17, 15) is 27.9 Å². The number of ketones is 1. The van der Waals surface area contributed by atoms with Crippen LogP contribution in [0.3, 0.4) is 0 Å². The normalized spacial score (nSPS) is 16.2. The van der Waals surface area contributed by atoms with Gasteiger partial charge in [-0.25, -0.2) is 18.0 Å². The van der Waals surface area contributed by atoms with E-state index in [1.165, 1.54) is 6.07 Å². The van der Waals surface area contributed by atoms with Crippen LogP contribution in [0.1, 0.15) is 48.8 Å². The maximum absolute atomic E-state index is 13.0. The Hall–Kier alpha value is -3.46. The van der Waals surface area contributed by atoms with Crippen molar-refractivity contribution in [3.05, 3.63) is 70.8 Å². The van der Waals surface area contributed by atoms with E-state index in [0.717, 1.165) is 47.1 Å². The molecule has 0 fully saturated rings. The second-order valence-electron chi connectivity index (χ2n) is 8.76. The highest BCUT2D eigenvalue weighted by molar-refractivity contribution is 7.91. The number of carboxylic acids is 1. The highest BCUT2D eigenvalue weighted by atomic mass is 32.2. The highest BCUT2D eigenvalue weighted by Gasteiger charge is 2.29. The number of carbonyl (C=O) groups excluding carboxylic acids is 2. The minimum atomic E-state index is -3.82. The Morgan fingerprint density at radius 1 is 1.00 bits per heavy atom. The van der Waals surface area contributed by atoms with Gasteiger partial charge in [0.05, 0.1) is 10.6 Å². The number of hydrogen-bond acceptors (Lipinski definition) is 6. The second-order valence-corrected chi connectivity index (χ2v) is 10.9. The summed E-state index contributed by atoms with van der Waals surface area (Å²) in [6.07, 6.45) is 2.07. The highest BCUT2D eigenvalue weighted by Crippen LogP contribution is 2.39. The Labute approximate surface area is 203 Å². The van der Waals surface area contributed by atoms with Crippen molar-refractivity contribution < 1.29 is 32.6 Å². The summed E-state index contributed by atoms with van der Waals surface area (Å²) in [5.74, 6) is -1.68. The molecule has 1 unspecified atom stereocenters. The van der Waals surface area contributed by atoms with E-state index in [2.05, 4.69) is 5.32 Å². The molecule has 2 aromatic carbocycles. The molecular weight excluding hydrogens is 470 g/mol. The van der Waals surface area contributed by atoms with E-state index in [-0.39, 0.29) is 23.7 Å². The number of carboxylic acid groups (broad SMARTS) is 1. The number of allylic oxidation sites excluding steroid dienone is 2. The van der Waals surface area contributed by atoms with Gasteiger partial charge in [0.1, 0.15) is 12.6 Å². The SMILES string of the molecule is O=C(NC(CCS(=O)(=O)c1ccc2c(c1)CCC(=O)C1=C2CCC1)C(=O)O)OCc1ccccc1. The van der Waals surface area contributed by atoms with Crippen LogP contribution in [0.4, 0.5) is 4.79 Å². The Morgan fingerprint density at radius 2 is 1.74 bits per heavy atom. The monoisotopic (exact) mass is 497 g/mol. The van der Waals surface area contributed by atoms with Gasteiger partial charge in [-0.05, 0) is 72.1 Å². The predicted octanol–water partition coefficient (Wildman–Crippen LogP) is 3.68. The maximum atomic E-state index is 13.0. The van der Waals surface area contributed by atoms with Gasteiger partial charge in [0.25, 0.3) is 0 Å². The molecule has 2 aliphatic carbocycles. The number of aliphatic carboxylic acids is 1. The average Bonchev–Trinajstić information content (AvgIpc) is 3.29. The zero-order valence-corrected chi connectivity index (χ0v) is 20.0. The number of ether oxygens (including phenoxy) is 1. The molecule has 0 spiro atoms. The van der Waals surface area contributed by atoms with Gasteiger partial charge in [-0.15, -0.1) is 0 Å². The first-order valence-electron chi connectivity index (χ1n) is 11.6. The van der Waals surface area contributed by atoms with Gasteiger partial charge >= 0.3 is 12.1 Å². The standard InChI is InChI=1S/C26H27NO7S/c28-24-12-9-18-15-19(10-11-20(18)21-7-4-8-22(21)24)35(32,33)14-13-23(25(29)30)27-26(31)34-16-17-5-2-1-3-6-17/h1-3,5-6,10-11,15,23H,4,7-9,12-14,16H2,(H,27,31)(H,29,30). The van der Waals surface area contributed by atoms with Crippen LogP contribution in [0.2, 0.25) is 0 Å². The first-order chi connectivity index (χ1) is 16.7. The number of aryl methyl sites for hydroxylation is 1. The molecule has 184 valence electrons. The van der Waals surface area contributed by atoms with Gasteiger partial charge in [-0.1, -0.05) is 36.4 Å². The van der Waals surface area contributed by atoms with Crippen LogP contribution in [0.25, 0.3) is 5.57 Å². The number of Topliss-reactive ketones (excluding diaryl/α,β-unsaturated/α-hetero) is 1. The molecule has 9 heteroatoms. The van der Waals surface area contributed by atoms with Crippen LogP contribution in [-0.2, 0) is 37.2 Å². The van der Waals surface area contributed by atoms with E-state index < -0.39 is 33.7 Å². The molecule has 0 heterocycles. The van der Waals surface area contributed by atoms with Crippen molar-refractivity contribution in [1.82, 2.24) is 5.32 Å². The minimum Gasteiger partial charge on any atom is -0.480 e. The lowest BCUT2D eigenvalue weighted by Gasteiger charge is -2.16. The van der Waals surface area contributed by atoms with Crippen LogP contribution in [-0.4, -0.2) is 43.2 Å². The molecule has 4 rings (SSSR count). The number of amides is 1. The van der Waals surface area contributed by atoms with Crippen LogP contribution in [0, 0.1) is 0 Å². The van der Waals surface area contributed by atoms with Gasteiger partial charge in [0, 0.05) is 6.42 Å². The smallest absolute Gasteiger partial charge is 0.408 e. The number of nitrogens with one attached hydrogen (secondary N) is 1. The molecule has 0 bridgehead atoms. The third kappa shape index (κ3) is 5.79. The summed E-state index contributed by atoms with van der Waals surface area (Å²) in [6, 6.07) is 12.4. The van der Waals surface area contributed by atoms with Crippen LogP contribution >= 0.6 is 0 Å². The van der Waals surface area contributed by atoms with Crippen molar-refractivity contribution >= 4 is 33.3 Å². The molecule has 1 amide bonds. The minimum absolute atomic E-state index is 0.0346. The van der Waals surface area contributed by atoms with Crippen molar-refractivity contribution in [2.24, 2.45) is 0 Å². The van der Waals surface area contributed by atoms with E-state index in [1.54, 1.807) is 36.4 Å². The summed E-state index contributed by atoms with van der Waals surface area (Å²) in [5, 5.41) is 11.7. The lowest BCUT2D eigenvalue weighted by Crippen LogP contribution is -2.42. The quantitative estimate of drug-likeness (QED) is 0.569. The average molecular weight is 498 g/mol. The first kappa shape index (κ1) is 24.7. The van der Waals surface area contributed by atoms with Crippen molar-refractivity contribution in [1.29, 1.82) is 0 Å². The summed E-state index contributed by atoms with van der Waals surface area (Å²) in [7, 11) is -3.82. The van der Waals surface area contributed by atoms with Crippen LogP contribution < -0.4 is 5.32 Å². The third-order valence-electron chi connectivity index (χ3n) is 6.41. The van der Waals surface area contributed by atoms with Crippen molar-refractivity contribution in [3.63, 3.8) is 0 Å². The fourth-order valence-electron chi connectivity index (χ4n) is 4.57. The topological polar surface area (TPSA) is 127 Å². The number of rotatable bonds is 8. The summed E-state index contributed by atoms with van der Waals surface area (Å²) in [4.78, 5) is 36.2. The Bertz CT molecular complexity index is 1280. The molecule has 8 nitrogen and oxygen atoms in total. The van der Waals surface area contributed by atoms with Gasteiger partial charge in [0.2, 0.25) is 0 Å². The molecular formula is C26H27NO7S.